The number of pyridine rings is 2. The largest absolute Gasteiger partial charge is 0.477 e. The molecule has 216 valence electrons. The Hall–Kier alpha value is -4.06. The molecule has 0 spiro atoms. The second-order valence-electron chi connectivity index (χ2n) is 9.79. The lowest BCUT2D eigenvalue weighted by Crippen LogP contribution is -2.58. The molecule has 2 aliphatic rings. The molecule has 5 rings (SSSR count). The summed E-state index contributed by atoms with van der Waals surface area (Å²) in [5, 5.41) is -0.0720. The number of carbonyl (C=O) groups is 2. The molecule has 3 aromatic rings. The van der Waals surface area contributed by atoms with Crippen molar-refractivity contribution < 1.29 is 27.5 Å². The molecule has 0 bridgehead atoms. The Morgan fingerprint density at radius 3 is 2.54 bits per heavy atom. The van der Waals surface area contributed by atoms with E-state index in [9.17, 15) is 22.8 Å². The fraction of sp³-hybridized carbons (Fsp3) is 0.357. The minimum absolute atomic E-state index is 0.0291. The quantitative estimate of drug-likeness (QED) is 0.406. The molecular formula is C28H28ClF3N6O3. The third-order valence-electron chi connectivity index (χ3n) is 7.34. The number of primary amides is 1. The number of hydrogen-bond donors (Lipinski definition) is 1. The van der Waals surface area contributed by atoms with Gasteiger partial charge in [-0.25, -0.2) is 14.8 Å². The monoisotopic (exact) mass is 588 g/mol. The Bertz CT molecular complexity index is 1490. The number of hydrogen-bond acceptors (Lipinski definition) is 6. The molecule has 2 saturated heterocycles. The van der Waals surface area contributed by atoms with Crippen LogP contribution in [0.1, 0.15) is 36.3 Å². The average Bonchev–Trinajstić information content (AvgIpc) is 3.27. The summed E-state index contributed by atoms with van der Waals surface area (Å²) in [6.07, 6.45) is -2.50. The highest BCUT2D eigenvalue weighted by Gasteiger charge is 2.47. The number of carbonyl (C=O) groups excluding carboxylic acids is 2. The Balaban J connectivity index is 1.49. The molecule has 0 saturated carbocycles. The van der Waals surface area contributed by atoms with E-state index in [2.05, 4.69) is 9.97 Å². The fourth-order valence-corrected chi connectivity index (χ4v) is 5.62. The summed E-state index contributed by atoms with van der Waals surface area (Å²) in [4.78, 5) is 39.6. The van der Waals surface area contributed by atoms with Crippen molar-refractivity contribution in [3.63, 3.8) is 0 Å². The summed E-state index contributed by atoms with van der Waals surface area (Å²) < 4.78 is 47.1. The van der Waals surface area contributed by atoms with E-state index < -0.39 is 29.7 Å². The zero-order valence-corrected chi connectivity index (χ0v) is 23.1. The molecule has 0 radical (unpaired) electrons. The van der Waals surface area contributed by atoms with Crippen molar-refractivity contribution >= 4 is 34.9 Å². The molecule has 0 unspecified atom stereocenters. The average molecular weight is 589 g/mol. The number of aromatic nitrogens is 2. The number of anilines is 2. The van der Waals surface area contributed by atoms with Crippen LogP contribution in [0.5, 0.6) is 5.88 Å². The number of amides is 3. The molecule has 9 nitrogen and oxygen atoms in total. The standard InChI is InChI=1S/C28H28ClF3N6O3/c1-3-17-13-37-18(15-38(27(37)40)22-9-7-16(29)12-20(22)28(30,31)32)14-36(17)23-10-8-21(35-24(23)25(33)39)19-6-5-11-34-26(19)41-4-2/h5-12,17-18H,3-4,13-15H2,1-2H3,(H2,33,39)/t17-,18+/m1/s1. The van der Waals surface area contributed by atoms with Crippen LogP contribution in [0.25, 0.3) is 11.3 Å². The SMILES string of the molecule is CCOc1ncccc1-c1ccc(N2C[C@H]3CN(c4ccc(Cl)cc4C(F)(F)F)C(=O)N3C[C@H]2CC)c(C(N)=O)n1. The van der Waals surface area contributed by atoms with Gasteiger partial charge in [-0.3, -0.25) is 9.69 Å². The minimum atomic E-state index is -4.69. The number of nitrogens with zero attached hydrogens (tertiary/aromatic N) is 5. The van der Waals surface area contributed by atoms with Gasteiger partial charge >= 0.3 is 12.2 Å². The summed E-state index contributed by atoms with van der Waals surface area (Å²) in [5.74, 6) is -0.364. The highest BCUT2D eigenvalue weighted by atomic mass is 35.5. The Labute approximate surface area is 239 Å². The first-order valence-electron chi connectivity index (χ1n) is 13.1. The van der Waals surface area contributed by atoms with E-state index in [1.807, 2.05) is 18.7 Å². The van der Waals surface area contributed by atoms with Gasteiger partial charge in [-0.05, 0) is 55.8 Å². The van der Waals surface area contributed by atoms with Crippen LogP contribution in [-0.2, 0) is 6.18 Å². The number of urea groups is 1. The van der Waals surface area contributed by atoms with Crippen LogP contribution in [0, 0.1) is 0 Å². The molecule has 13 heteroatoms. The van der Waals surface area contributed by atoms with Crippen molar-refractivity contribution in [1.29, 1.82) is 0 Å². The molecule has 2 fully saturated rings. The molecule has 0 aliphatic carbocycles. The van der Waals surface area contributed by atoms with Gasteiger partial charge in [0.2, 0.25) is 5.88 Å². The van der Waals surface area contributed by atoms with Crippen molar-refractivity contribution in [3.8, 4) is 17.1 Å². The number of alkyl halides is 3. The predicted molar refractivity (Wildman–Crippen MR) is 148 cm³/mol. The Morgan fingerprint density at radius 2 is 1.85 bits per heavy atom. The van der Waals surface area contributed by atoms with E-state index in [0.29, 0.717) is 35.9 Å². The van der Waals surface area contributed by atoms with Gasteiger partial charge in [0.15, 0.2) is 5.69 Å². The van der Waals surface area contributed by atoms with E-state index >= 15 is 0 Å². The molecule has 3 amide bonds. The molecule has 2 atom stereocenters. The van der Waals surface area contributed by atoms with Gasteiger partial charge in [0.1, 0.15) is 0 Å². The highest BCUT2D eigenvalue weighted by molar-refractivity contribution is 6.30. The first-order chi connectivity index (χ1) is 19.5. The molecule has 2 N–H and O–H groups in total. The number of nitrogens with two attached hydrogens (primary N) is 1. The van der Waals surface area contributed by atoms with Crippen LogP contribution in [0.2, 0.25) is 5.02 Å². The van der Waals surface area contributed by atoms with Gasteiger partial charge in [0.25, 0.3) is 5.91 Å². The first kappa shape index (κ1) is 28.5. The van der Waals surface area contributed by atoms with Crippen LogP contribution in [-0.4, -0.2) is 65.1 Å². The first-order valence-corrected chi connectivity index (χ1v) is 13.5. The summed E-state index contributed by atoms with van der Waals surface area (Å²) in [6, 6.07) is 9.22. The molecule has 41 heavy (non-hydrogen) atoms. The summed E-state index contributed by atoms with van der Waals surface area (Å²) in [6.45, 7) is 4.72. The summed E-state index contributed by atoms with van der Waals surface area (Å²) >= 11 is 5.85. The van der Waals surface area contributed by atoms with Gasteiger partial charge in [-0.1, -0.05) is 18.5 Å². The van der Waals surface area contributed by atoms with E-state index in [0.717, 1.165) is 11.0 Å². The van der Waals surface area contributed by atoms with E-state index in [4.69, 9.17) is 22.1 Å². The van der Waals surface area contributed by atoms with E-state index in [1.54, 1.807) is 35.4 Å². The number of piperazine rings is 1. The van der Waals surface area contributed by atoms with Crippen LogP contribution in [0.15, 0.2) is 48.7 Å². The summed E-state index contributed by atoms with van der Waals surface area (Å²) in [5.41, 5.74) is 6.15. The van der Waals surface area contributed by atoms with Gasteiger partial charge in [0.05, 0.1) is 40.8 Å². The number of fused-ring (bicyclic) bond motifs is 1. The van der Waals surface area contributed by atoms with Gasteiger partial charge in [-0.15, -0.1) is 0 Å². The second-order valence-corrected chi connectivity index (χ2v) is 10.2. The molecule has 2 aliphatic heterocycles. The van der Waals surface area contributed by atoms with E-state index in [-0.39, 0.29) is 42.1 Å². The number of benzene rings is 1. The maximum atomic E-state index is 13.8. The lowest BCUT2D eigenvalue weighted by molar-refractivity contribution is -0.137. The van der Waals surface area contributed by atoms with Crippen molar-refractivity contribution in [2.75, 3.05) is 36.0 Å². The fourth-order valence-electron chi connectivity index (χ4n) is 5.45. The van der Waals surface area contributed by atoms with Crippen molar-refractivity contribution in [2.45, 2.75) is 38.5 Å². The normalized spacial score (nSPS) is 19.0. The van der Waals surface area contributed by atoms with Crippen molar-refractivity contribution in [3.05, 3.63) is 64.9 Å². The highest BCUT2D eigenvalue weighted by Crippen LogP contribution is 2.41. The van der Waals surface area contributed by atoms with E-state index in [1.165, 1.54) is 12.1 Å². The lowest BCUT2D eigenvalue weighted by atomic mass is 10.0. The second kappa shape index (κ2) is 11.1. The zero-order valence-electron chi connectivity index (χ0n) is 22.4. The minimum Gasteiger partial charge on any atom is -0.477 e. The predicted octanol–water partition coefficient (Wildman–Crippen LogP) is 5.22. The Morgan fingerprint density at radius 1 is 1.10 bits per heavy atom. The number of halogens is 4. The smallest absolute Gasteiger partial charge is 0.418 e. The molecule has 4 heterocycles. The molecule has 1 aromatic carbocycles. The van der Waals surface area contributed by atoms with Crippen LogP contribution >= 0.6 is 11.6 Å². The van der Waals surface area contributed by atoms with Crippen LogP contribution in [0.4, 0.5) is 29.3 Å². The van der Waals surface area contributed by atoms with Gasteiger partial charge in [0, 0.05) is 36.9 Å². The molecule has 2 aromatic heterocycles. The van der Waals surface area contributed by atoms with Gasteiger partial charge < -0.3 is 20.3 Å². The number of ether oxygens (including phenoxy) is 1. The topological polar surface area (TPSA) is 105 Å². The lowest BCUT2D eigenvalue weighted by Gasteiger charge is -2.44. The molecular weight excluding hydrogens is 561 g/mol. The third-order valence-corrected chi connectivity index (χ3v) is 7.57. The maximum absolute atomic E-state index is 13.8. The van der Waals surface area contributed by atoms with Crippen molar-refractivity contribution in [1.82, 2.24) is 14.9 Å². The van der Waals surface area contributed by atoms with Crippen molar-refractivity contribution in [2.24, 2.45) is 5.73 Å². The summed E-state index contributed by atoms with van der Waals surface area (Å²) in [7, 11) is 0. The Kier molecular flexibility index (Phi) is 7.69. The van der Waals surface area contributed by atoms with Gasteiger partial charge in [-0.2, -0.15) is 13.2 Å². The maximum Gasteiger partial charge on any atom is 0.418 e. The zero-order chi connectivity index (χ0) is 29.5. The van der Waals surface area contributed by atoms with Crippen LogP contribution < -0.4 is 20.3 Å². The van der Waals surface area contributed by atoms with Crippen LogP contribution in [0.3, 0.4) is 0 Å². The number of rotatable bonds is 7. The third kappa shape index (κ3) is 5.35.